The van der Waals surface area contributed by atoms with Gasteiger partial charge in [0.2, 0.25) is 0 Å². The molecule has 0 radical (unpaired) electrons. The van der Waals surface area contributed by atoms with E-state index in [1.807, 2.05) is 12.1 Å². The predicted octanol–water partition coefficient (Wildman–Crippen LogP) is 3.65. The molecule has 2 aliphatic rings. The van der Waals surface area contributed by atoms with Crippen LogP contribution in [0.5, 0.6) is 5.75 Å². The van der Waals surface area contributed by atoms with E-state index in [4.69, 9.17) is 0 Å². The molecule has 1 aliphatic carbocycles. The van der Waals surface area contributed by atoms with Gasteiger partial charge in [0.05, 0.1) is 0 Å². The second kappa shape index (κ2) is 5.31. The van der Waals surface area contributed by atoms with Gasteiger partial charge in [0.25, 0.3) is 0 Å². The van der Waals surface area contributed by atoms with Crippen molar-refractivity contribution in [3.63, 3.8) is 0 Å². The normalized spacial score (nSPS) is 25.4. The number of hydrogen-bond acceptors (Lipinski definition) is 2. The van der Waals surface area contributed by atoms with E-state index in [2.05, 4.69) is 11.0 Å². The molecule has 1 fully saturated rings. The summed E-state index contributed by atoms with van der Waals surface area (Å²) in [6.45, 7) is 2.51. The maximum absolute atomic E-state index is 9.62. The molecule has 1 aromatic rings. The molecule has 1 heterocycles. The van der Waals surface area contributed by atoms with Crippen molar-refractivity contribution in [1.29, 1.82) is 0 Å². The van der Waals surface area contributed by atoms with Crippen molar-refractivity contribution in [3.8, 4) is 5.75 Å². The topological polar surface area (TPSA) is 23.5 Å². The van der Waals surface area contributed by atoms with Crippen LogP contribution in [0.15, 0.2) is 18.2 Å². The second-order valence-corrected chi connectivity index (χ2v) is 5.74. The molecular weight excluding hydrogens is 222 g/mol. The van der Waals surface area contributed by atoms with E-state index in [9.17, 15) is 5.11 Å². The Balaban J connectivity index is 1.85. The zero-order valence-corrected chi connectivity index (χ0v) is 11.1. The first-order chi connectivity index (χ1) is 8.84. The fraction of sp³-hybridized carbons (Fsp3) is 0.625. The van der Waals surface area contributed by atoms with Crippen LogP contribution >= 0.6 is 0 Å². The van der Waals surface area contributed by atoms with Gasteiger partial charge < -0.3 is 5.11 Å². The summed E-state index contributed by atoms with van der Waals surface area (Å²) < 4.78 is 0. The number of rotatable bonds is 1. The van der Waals surface area contributed by atoms with E-state index in [1.165, 1.54) is 62.7 Å². The van der Waals surface area contributed by atoms with E-state index in [1.54, 1.807) is 0 Å². The standard InChI is InChI=1S/C16H23NO/c18-14-8-9-15-13(12-14)6-5-7-16(15)17-10-3-1-2-4-11-17/h8-9,12,16,18H,1-7,10-11H2. The molecule has 0 aromatic heterocycles. The molecule has 2 heteroatoms. The number of aromatic hydroxyl groups is 1. The smallest absolute Gasteiger partial charge is 0.115 e. The van der Waals surface area contributed by atoms with Crippen LogP contribution in [0.3, 0.4) is 0 Å². The van der Waals surface area contributed by atoms with Crippen molar-refractivity contribution >= 4 is 0 Å². The summed E-state index contributed by atoms with van der Waals surface area (Å²) in [6, 6.07) is 6.58. The third kappa shape index (κ3) is 2.39. The monoisotopic (exact) mass is 245 g/mol. The lowest BCUT2D eigenvalue weighted by molar-refractivity contribution is 0.185. The molecule has 1 aromatic carbocycles. The van der Waals surface area contributed by atoms with Crippen molar-refractivity contribution in [1.82, 2.24) is 4.90 Å². The van der Waals surface area contributed by atoms with Gasteiger partial charge in [-0.2, -0.15) is 0 Å². The van der Waals surface area contributed by atoms with Crippen molar-refractivity contribution < 1.29 is 5.11 Å². The lowest BCUT2D eigenvalue weighted by Gasteiger charge is -2.35. The average molecular weight is 245 g/mol. The van der Waals surface area contributed by atoms with Crippen LogP contribution in [0, 0.1) is 0 Å². The van der Waals surface area contributed by atoms with Crippen LogP contribution in [-0.4, -0.2) is 23.1 Å². The van der Waals surface area contributed by atoms with Gasteiger partial charge in [-0.1, -0.05) is 18.9 Å². The predicted molar refractivity (Wildman–Crippen MR) is 73.8 cm³/mol. The average Bonchev–Trinajstić information content (AvgIpc) is 2.66. The Kier molecular flexibility index (Phi) is 3.55. The summed E-state index contributed by atoms with van der Waals surface area (Å²) in [4.78, 5) is 2.68. The fourth-order valence-corrected chi connectivity index (χ4v) is 3.56. The van der Waals surface area contributed by atoms with Crippen LogP contribution in [0.1, 0.15) is 55.7 Å². The van der Waals surface area contributed by atoms with Crippen LogP contribution in [0.2, 0.25) is 0 Å². The van der Waals surface area contributed by atoms with Crippen molar-refractivity contribution in [2.24, 2.45) is 0 Å². The van der Waals surface area contributed by atoms with E-state index in [-0.39, 0.29) is 0 Å². The number of phenols is 1. The molecular formula is C16H23NO. The second-order valence-electron chi connectivity index (χ2n) is 5.74. The third-order valence-corrected chi connectivity index (χ3v) is 4.49. The number of fused-ring (bicyclic) bond motifs is 1. The van der Waals surface area contributed by atoms with Crippen molar-refractivity contribution in [2.75, 3.05) is 13.1 Å². The molecule has 2 nitrogen and oxygen atoms in total. The first-order valence-electron chi connectivity index (χ1n) is 7.40. The highest BCUT2D eigenvalue weighted by Crippen LogP contribution is 2.36. The highest BCUT2D eigenvalue weighted by Gasteiger charge is 2.26. The van der Waals surface area contributed by atoms with E-state index >= 15 is 0 Å². The van der Waals surface area contributed by atoms with Gasteiger partial charge in [-0.05, 0) is 68.5 Å². The Hall–Kier alpha value is -1.02. The SMILES string of the molecule is Oc1ccc2c(c1)CCCC2N1CCCCCC1. The third-order valence-electron chi connectivity index (χ3n) is 4.49. The zero-order chi connectivity index (χ0) is 12.4. The molecule has 18 heavy (non-hydrogen) atoms. The Morgan fingerprint density at radius 2 is 1.78 bits per heavy atom. The van der Waals surface area contributed by atoms with Crippen LogP contribution in [-0.2, 0) is 6.42 Å². The number of phenolic OH excluding ortho intramolecular Hbond substituents is 1. The Bertz CT molecular complexity index is 408. The van der Waals surface area contributed by atoms with Gasteiger partial charge >= 0.3 is 0 Å². The summed E-state index contributed by atoms with van der Waals surface area (Å²) >= 11 is 0. The molecule has 0 bridgehead atoms. The minimum Gasteiger partial charge on any atom is -0.508 e. The minimum absolute atomic E-state index is 0.422. The summed E-state index contributed by atoms with van der Waals surface area (Å²) in [5.74, 6) is 0.422. The van der Waals surface area contributed by atoms with E-state index in [0.29, 0.717) is 11.8 Å². The molecule has 0 amide bonds. The number of nitrogens with zero attached hydrogens (tertiary/aromatic N) is 1. The lowest BCUT2D eigenvalue weighted by Crippen LogP contribution is -2.32. The van der Waals surface area contributed by atoms with Gasteiger partial charge in [-0.25, -0.2) is 0 Å². The van der Waals surface area contributed by atoms with Gasteiger partial charge in [-0.3, -0.25) is 4.90 Å². The summed E-state index contributed by atoms with van der Waals surface area (Å²) in [5.41, 5.74) is 2.84. The number of likely N-dealkylation sites (tertiary alicyclic amines) is 1. The molecule has 3 rings (SSSR count). The molecule has 1 aliphatic heterocycles. The largest absolute Gasteiger partial charge is 0.508 e. The maximum Gasteiger partial charge on any atom is 0.115 e. The van der Waals surface area contributed by atoms with Gasteiger partial charge in [-0.15, -0.1) is 0 Å². The van der Waals surface area contributed by atoms with Crippen LogP contribution in [0.4, 0.5) is 0 Å². The fourth-order valence-electron chi connectivity index (χ4n) is 3.56. The number of hydrogen-bond donors (Lipinski definition) is 1. The molecule has 1 N–H and O–H groups in total. The van der Waals surface area contributed by atoms with Gasteiger partial charge in [0.1, 0.15) is 5.75 Å². The van der Waals surface area contributed by atoms with Crippen molar-refractivity contribution in [2.45, 2.75) is 51.0 Å². The molecule has 1 unspecified atom stereocenters. The molecule has 0 saturated carbocycles. The van der Waals surface area contributed by atoms with E-state index < -0.39 is 0 Å². The Labute approximate surface area is 110 Å². The van der Waals surface area contributed by atoms with Crippen molar-refractivity contribution in [3.05, 3.63) is 29.3 Å². The van der Waals surface area contributed by atoms with Gasteiger partial charge in [0.15, 0.2) is 0 Å². The van der Waals surface area contributed by atoms with Crippen LogP contribution < -0.4 is 0 Å². The first-order valence-corrected chi connectivity index (χ1v) is 7.40. The molecule has 0 spiro atoms. The Morgan fingerprint density at radius 3 is 2.56 bits per heavy atom. The molecule has 1 atom stereocenters. The molecule has 1 saturated heterocycles. The number of aryl methyl sites for hydroxylation is 1. The quantitative estimate of drug-likeness (QED) is 0.816. The van der Waals surface area contributed by atoms with E-state index in [0.717, 1.165) is 6.42 Å². The molecule has 98 valence electrons. The number of benzene rings is 1. The van der Waals surface area contributed by atoms with Gasteiger partial charge in [0, 0.05) is 6.04 Å². The minimum atomic E-state index is 0.422. The Morgan fingerprint density at radius 1 is 1.00 bits per heavy atom. The summed E-state index contributed by atoms with van der Waals surface area (Å²) in [6.07, 6.45) is 9.18. The zero-order valence-electron chi connectivity index (χ0n) is 11.1. The first kappa shape index (κ1) is 12.0. The summed E-state index contributed by atoms with van der Waals surface area (Å²) in [5, 5.41) is 9.62. The highest BCUT2D eigenvalue weighted by molar-refractivity contribution is 5.38. The lowest BCUT2D eigenvalue weighted by atomic mass is 9.86. The maximum atomic E-state index is 9.62. The summed E-state index contributed by atoms with van der Waals surface area (Å²) in [7, 11) is 0. The van der Waals surface area contributed by atoms with Crippen LogP contribution in [0.25, 0.3) is 0 Å². The highest BCUT2D eigenvalue weighted by atomic mass is 16.3.